The molecule has 1 aromatic heterocycles. The lowest BCUT2D eigenvalue weighted by molar-refractivity contribution is 0.215. The third-order valence-corrected chi connectivity index (χ3v) is 3.86. The fourth-order valence-electron chi connectivity index (χ4n) is 2.40. The Morgan fingerprint density at radius 1 is 1.21 bits per heavy atom. The van der Waals surface area contributed by atoms with Crippen LogP contribution in [0, 0.1) is 5.92 Å². The van der Waals surface area contributed by atoms with Crippen LogP contribution in [0.1, 0.15) is 39.1 Å². The maximum Gasteiger partial charge on any atom is 0.315 e. The van der Waals surface area contributed by atoms with Gasteiger partial charge in [0.25, 0.3) is 0 Å². The monoisotopic (exact) mass is 331 g/mol. The topological polar surface area (TPSA) is 87.4 Å². The van der Waals surface area contributed by atoms with Gasteiger partial charge in [0.2, 0.25) is 5.89 Å². The van der Waals surface area contributed by atoms with Gasteiger partial charge in [0.05, 0.1) is 6.20 Å². The van der Waals surface area contributed by atoms with Gasteiger partial charge < -0.3 is 20.2 Å². The molecule has 0 bridgehead atoms. The van der Waals surface area contributed by atoms with Gasteiger partial charge in [-0.2, -0.15) is 0 Å². The van der Waals surface area contributed by atoms with E-state index in [1.807, 2.05) is 51.1 Å². The minimum absolute atomic E-state index is 0.0405. The van der Waals surface area contributed by atoms with E-state index < -0.39 is 0 Å². The molecule has 0 saturated heterocycles. The van der Waals surface area contributed by atoms with Crippen LogP contribution >= 0.6 is 0 Å². The standard InChI is InChI=1S/C18H25N3O3/c1-12(2)15(9-10-22)21-18(23)20-13(3)17-19-11-16(24-17)14-7-5-4-6-8-14/h4-8,11-13,15,22H,9-10H2,1-3H3,(H2,20,21,23). The van der Waals surface area contributed by atoms with Crippen molar-refractivity contribution >= 4 is 6.03 Å². The van der Waals surface area contributed by atoms with E-state index in [1.165, 1.54) is 0 Å². The van der Waals surface area contributed by atoms with Crippen molar-refractivity contribution in [1.82, 2.24) is 15.6 Å². The molecule has 2 unspecified atom stereocenters. The van der Waals surface area contributed by atoms with Crippen molar-refractivity contribution in [3.63, 3.8) is 0 Å². The number of nitrogens with zero attached hydrogens (tertiary/aromatic N) is 1. The van der Waals surface area contributed by atoms with Crippen LogP contribution in [0.5, 0.6) is 0 Å². The van der Waals surface area contributed by atoms with Crippen molar-refractivity contribution in [3.05, 3.63) is 42.4 Å². The summed E-state index contributed by atoms with van der Waals surface area (Å²) >= 11 is 0. The highest BCUT2D eigenvalue weighted by Crippen LogP contribution is 2.22. The molecule has 2 amide bonds. The van der Waals surface area contributed by atoms with E-state index in [4.69, 9.17) is 9.52 Å². The minimum atomic E-state index is -0.357. The van der Waals surface area contributed by atoms with Gasteiger partial charge in [-0.15, -0.1) is 0 Å². The summed E-state index contributed by atoms with van der Waals surface area (Å²) in [6.45, 7) is 5.87. The quantitative estimate of drug-likeness (QED) is 0.727. The van der Waals surface area contributed by atoms with Crippen LogP contribution < -0.4 is 10.6 Å². The molecular weight excluding hydrogens is 306 g/mol. The van der Waals surface area contributed by atoms with Crippen molar-refractivity contribution in [2.75, 3.05) is 6.61 Å². The molecule has 3 N–H and O–H groups in total. The number of benzene rings is 1. The number of aliphatic hydroxyl groups is 1. The Labute approximate surface area is 142 Å². The molecule has 0 saturated carbocycles. The largest absolute Gasteiger partial charge is 0.438 e. The molecule has 2 aromatic rings. The normalized spacial score (nSPS) is 13.5. The minimum Gasteiger partial charge on any atom is -0.438 e. The Kier molecular flexibility index (Phi) is 6.37. The van der Waals surface area contributed by atoms with E-state index in [-0.39, 0.29) is 30.6 Å². The van der Waals surface area contributed by atoms with Crippen LogP contribution in [0.15, 0.2) is 40.9 Å². The van der Waals surface area contributed by atoms with E-state index >= 15 is 0 Å². The number of urea groups is 1. The zero-order valence-electron chi connectivity index (χ0n) is 14.3. The number of aliphatic hydroxyl groups excluding tert-OH is 1. The summed E-state index contributed by atoms with van der Waals surface area (Å²) in [5, 5.41) is 14.8. The predicted molar refractivity (Wildman–Crippen MR) is 92.4 cm³/mol. The predicted octanol–water partition coefficient (Wildman–Crippen LogP) is 3.11. The number of oxazole rings is 1. The molecule has 1 heterocycles. The highest BCUT2D eigenvalue weighted by Gasteiger charge is 2.19. The molecule has 130 valence electrons. The zero-order chi connectivity index (χ0) is 17.5. The SMILES string of the molecule is CC(NC(=O)NC(CCO)C(C)C)c1ncc(-c2ccccc2)o1. The van der Waals surface area contributed by atoms with Crippen LogP contribution in [0.3, 0.4) is 0 Å². The number of carbonyl (C=O) groups is 1. The summed E-state index contributed by atoms with van der Waals surface area (Å²) < 4.78 is 5.74. The smallest absolute Gasteiger partial charge is 0.315 e. The second-order valence-corrected chi connectivity index (χ2v) is 6.13. The third-order valence-electron chi connectivity index (χ3n) is 3.86. The lowest BCUT2D eigenvalue weighted by Gasteiger charge is -2.22. The van der Waals surface area contributed by atoms with Crippen molar-refractivity contribution in [3.8, 4) is 11.3 Å². The highest BCUT2D eigenvalue weighted by molar-refractivity contribution is 5.74. The number of hydrogen-bond acceptors (Lipinski definition) is 4. The number of amides is 2. The Balaban J connectivity index is 1.96. The molecule has 0 aliphatic rings. The third kappa shape index (κ3) is 4.83. The Bertz CT molecular complexity index is 640. The summed E-state index contributed by atoms with van der Waals surface area (Å²) in [4.78, 5) is 16.4. The van der Waals surface area contributed by atoms with Crippen molar-refractivity contribution in [2.24, 2.45) is 5.92 Å². The maximum atomic E-state index is 12.1. The van der Waals surface area contributed by atoms with E-state index in [9.17, 15) is 4.79 Å². The Hall–Kier alpha value is -2.34. The number of aromatic nitrogens is 1. The molecule has 0 fully saturated rings. The van der Waals surface area contributed by atoms with Crippen molar-refractivity contribution in [2.45, 2.75) is 39.3 Å². The molecule has 6 nitrogen and oxygen atoms in total. The highest BCUT2D eigenvalue weighted by atomic mass is 16.4. The molecular formula is C18H25N3O3. The molecule has 6 heteroatoms. The summed E-state index contributed by atoms with van der Waals surface area (Å²) in [5.74, 6) is 1.36. The van der Waals surface area contributed by atoms with Gasteiger partial charge in [-0.1, -0.05) is 44.2 Å². The van der Waals surface area contributed by atoms with Gasteiger partial charge in [0.15, 0.2) is 5.76 Å². The number of carbonyl (C=O) groups excluding carboxylic acids is 1. The molecule has 0 radical (unpaired) electrons. The van der Waals surface area contributed by atoms with Gasteiger partial charge >= 0.3 is 6.03 Å². The number of rotatable bonds is 7. The first-order valence-corrected chi connectivity index (χ1v) is 8.20. The fourth-order valence-corrected chi connectivity index (χ4v) is 2.40. The molecule has 0 aliphatic heterocycles. The van der Waals surface area contributed by atoms with Crippen LogP contribution in [0.4, 0.5) is 4.79 Å². The van der Waals surface area contributed by atoms with Gasteiger partial charge in [-0.25, -0.2) is 9.78 Å². The first-order valence-electron chi connectivity index (χ1n) is 8.20. The second-order valence-electron chi connectivity index (χ2n) is 6.13. The van der Waals surface area contributed by atoms with Crippen LogP contribution in [-0.4, -0.2) is 28.8 Å². The zero-order valence-corrected chi connectivity index (χ0v) is 14.3. The summed E-state index contributed by atoms with van der Waals surface area (Å²) in [7, 11) is 0. The van der Waals surface area contributed by atoms with Crippen LogP contribution in [-0.2, 0) is 0 Å². The average molecular weight is 331 g/mol. The maximum absolute atomic E-state index is 12.1. The number of hydrogen-bond donors (Lipinski definition) is 3. The van der Waals surface area contributed by atoms with Crippen LogP contribution in [0.25, 0.3) is 11.3 Å². The van der Waals surface area contributed by atoms with Crippen molar-refractivity contribution < 1.29 is 14.3 Å². The lowest BCUT2D eigenvalue weighted by atomic mass is 10.0. The van der Waals surface area contributed by atoms with Gasteiger partial charge in [-0.3, -0.25) is 0 Å². The fraction of sp³-hybridized carbons (Fsp3) is 0.444. The van der Waals surface area contributed by atoms with Gasteiger partial charge in [-0.05, 0) is 19.3 Å². The number of nitrogens with one attached hydrogen (secondary N) is 2. The van der Waals surface area contributed by atoms with Gasteiger partial charge in [0, 0.05) is 18.2 Å². The Morgan fingerprint density at radius 3 is 2.54 bits per heavy atom. The van der Waals surface area contributed by atoms with E-state index in [1.54, 1.807) is 6.20 Å². The summed E-state index contributed by atoms with van der Waals surface area (Å²) in [6.07, 6.45) is 2.18. The van der Waals surface area contributed by atoms with Crippen LogP contribution in [0.2, 0.25) is 0 Å². The summed E-state index contributed by atoms with van der Waals surface area (Å²) in [5.41, 5.74) is 0.940. The lowest BCUT2D eigenvalue weighted by Crippen LogP contribution is -2.45. The van der Waals surface area contributed by atoms with E-state index in [2.05, 4.69) is 15.6 Å². The molecule has 0 aliphatic carbocycles. The average Bonchev–Trinajstić information content (AvgIpc) is 3.05. The molecule has 24 heavy (non-hydrogen) atoms. The first kappa shape index (κ1) is 18.0. The molecule has 2 atom stereocenters. The molecule has 2 rings (SSSR count). The van der Waals surface area contributed by atoms with E-state index in [0.29, 0.717) is 18.1 Å². The first-order chi connectivity index (χ1) is 11.5. The van der Waals surface area contributed by atoms with Crippen molar-refractivity contribution in [1.29, 1.82) is 0 Å². The van der Waals surface area contributed by atoms with E-state index in [0.717, 1.165) is 5.56 Å². The molecule has 1 aromatic carbocycles. The molecule has 0 spiro atoms. The summed E-state index contributed by atoms with van der Waals surface area (Å²) in [6, 6.07) is 8.95. The Morgan fingerprint density at radius 2 is 1.92 bits per heavy atom. The van der Waals surface area contributed by atoms with Gasteiger partial charge in [0.1, 0.15) is 6.04 Å². The second kappa shape index (κ2) is 8.49.